The van der Waals surface area contributed by atoms with Crippen molar-refractivity contribution < 1.29 is 27.9 Å². The van der Waals surface area contributed by atoms with Gasteiger partial charge in [-0.1, -0.05) is 18.2 Å². The van der Waals surface area contributed by atoms with E-state index in [-0.39, 0.29) is 24.5 Å². The third-order valence-electron chi connectivity index (χ3n) is 6.54. The molecule has 0 saturated carbocycles. The molecule has 3 aromatic rings. The van der Waals surface area contributed by atoms with Crippen molar-refractivity contribution >= 4 is 56.4 Å². The van der Waals surface area contributed by atoms with E-state index in [2.05, 4.69) is 10.3 Å². The largest absolute Gasteiger partial charge is 0.481 e. The molecule has 1 aliphatic heterocycles. The Morgan fingerprint density at radius 2 is 1.84 bits per heavy atom. The number of aryl methyl sites for hydroxylation is 1. The number of carbonyl (C=O) groups excluding carboxylic acids is 2. The molecule has 2 aromatic carbocycles. The average molecular weight is 520 g/mol. The lowest BCUT2D eigenvalue weighted by atomic mass is 9.91. The number of aromatic amines is 1. The molecule has 1 amide bonds. The number of aromatic nitrogens is 1. The van der Waals surface area contributed by atoms with Crippen LogP contribution < -0.4 is 9.62 Å². The van der Waals surface area contributed by atoms with Gasteiger partial charge in [0.15, 0.2) is 5.78 Å². The summed E-state index contributed by atoms with van der Waals surface area (Å²) in [6, 6.07) is 13.6. The lowest BCUT2D eigenvalue weighted by Gasteiger charge is -2.23. The molecule has 0 saturated heterocycles. The molecule has 0 atom stereocenters. The van der Waals surface area contributed by atoms with Gasteiger partial charge in [0.05, 0.1) is 23.2 Å². The number of nitrogens with one attached hydrogen (secondary N) is 2. The highest BCUT2D eigenvalue weighted by molar-refractivity contribution is 7.92. The first-order valence-electron chi connectivity index (χ1n) is 11.8. The van der Waals surface area contributed by atoms with Crippen LogP contribution in [0, 0.1) is 0 Å². The van der Waals surface area contributed by atoms with E-state index in [4.69, 9.17) is 0 Å². The second-order valence-electron chi connectivity index (χ2n) is 9.15. The molecule has 37 heavy (non-hydrogen) atoms. The van der Waals surface area contributed by atoms with Gasteiger partial charge in [0, 0.05) is 41.0 Å². The number of fused-ring (bicyclic) bond motifs is 2. The van der Waals surface area contributed by atoms with Crippen molar-refractivity contribution in [2.45, 2.75) is 32.1 Å². The fraction of sp³-hybridized carbons (Fsp3) is 0.222. The van der Waals surface area contributed by atoms with E-state index in [9.17, 15) is 27.9 Å². The molecule has 0 fully saturated rings. The summed E-state index contributed by atoms with van der Waals surface area (Å²) in [6.07, 6.45) is 4.50. The number of hydrogen-bond acceptors (Lipinski definition) is 5. The Morgan fingerprint density at radius 3 is 2.54 bits per heavy atom. The Labute approximate surface area is 213 Å². The summed E-state index contributed by atoms with van der Waals surface area (Å²) in [7, 11) is -3.70. The number of para-hydroxylation sites is 1. The Balaban J connectivity index is 1.63. The third kappa shape index (κ3) is 4.67. The smallest absolute Gasteiger partial charge is 0.303 e. The molecular weight excluding hydrogens is 494 g/mol. The monoisotopic (exact) mass is 519 g/mol. The Morgan fingerprint density at radius 1 is 1.08 bits per heavy atom. The predicted octanol–water partition coefficient (Wildman–Crippen LogP) is 4.14. The minimum Gasteiger partial charge on any atom is -0.481 e. The molecule has 190 valence electrons. The summed E-state index contributed by atoms with van der Waals surface area (Å²) in [5, 5.41) is 12.0. The number of rotatable bonds is 7. The van der Waals surface area contributed by atoms with Gasteiger partial charge in [0.1, 0.15) is 0 Å². The minimum absolute atomic E-state index is 0.0345. The number of sulfonamides is 1. The van der Waals surface area contributed by atoms with E-state index in [0.29, 0.717) is 64.3 Å². The van der Waals surface area contributed by atoms with E-state index >= 15 is 0 Å². The summed E-state index contributed by atoms with van der Waals surface area (Å²) in [5.41, 5.74) is 4.54. The quantitative estimate of drug-likeness (QED) is 0.401. The van der Waals surface area contributed by atoms with Crippen LogP contribution in [-0.2, 0) is 32.5 Å². The average Bonchev–Trinajstić information content (AvgIpc) is 3.35. The van der Waals surface area contributed by atoms with Gasteiger partial charge in [0.2, 0.25) is 10.0 Å². The zero-order valence-electron chi connectivity index (χ0n) is 20.1. The fourth-order valence-corrected chi connectivity index (χ4v) is 5.99. The van der Waals surface area contributed by atoms with Gasteiger partial charge in [-0.25, -0.2) is 12.7 Å². The number of carboxylic acids is 1. The minimum atomic E-state index is -3.70. The Kier molecular flexibility index (Phi) is 6.20. The van der Waals surface area contributed by atoms with Crippen molar-refractivity contribution in [1.29, 1.82) is 0 Å². The summed E-state index contributed by atoms with van der Waals surface area (Å²) in [4.78, 5) is 40.2. The van der Waals surface area contributed by atoms with Crippen LogP contribution in [0.3, 0.4) is 0 Å². The number of Topliss-reactive ketones (excluding diaryl/α,β-unsaturated/α-hetero) is 1. The van der Waals surface area contributed by atoms with Crippen LogP contribution in [0.4, 0.5) is 17.1 Å². The van der Waals surface area contributed by atoms with Crippen LogP contribution >= 0.6 is 0 Å². The van der Waals surface area contributed by atoms with Crippen molar-refractivity contribution in [3.05, 3.63) is 76.6 Å². The number of nitrogens with zero attached hydrogens (tertiary/aromatic N) is 1. The Bertz CT molecular complexity index is 1570. The molecule has 10 heteroatoms. The van der Waals surface area contributed by atoms with Gasteiger partial charge in [-0.05, 0) is 61.2 Å². The maximum absolute atomic E-state index is 13.0. The van der Waals surface area contributed by atoms with Crippen LogP contribution in [0.5, 0.6) is 0 Å². The molecule has 2 aliphatic rings. The maximum atomic E-state index is 13.0. The number of amides is 1. The van der Waals surface area contributed by atoms with E-state index < -0.39 is 16.0 Å². The number of ketones is 1. The van der Waals surface area contributed by atoms with Crippen LogP contribution in [0.1, 0.15) is 52.1 Å². The molecule has 5 rings (SSSR count). The van der Waals surface area contributed by atoms with Gasteiger partial charge in [-0.15, -0.1) is 0 Å². The second kappa shape index (κ2) is 9.36. The van der Waals surface area contributed by atoms with Gasteiger partial charge < -0.3 is 15.4 Å². The van der Waals surface area contributed by atoms with E-state index in [1.54, 1.807) is 54.6 Å². The molecule has 9 nitrogen and oxygen atoms in total. The number of hydrogen-bond donors (Lipinski definition) is 3. The fourth-order valence-electron chi connectivity index (χ4n) is 4.99. The van der Waals surface area contributed by atoms with Crippen molar-refractivity contribution in [3.63, 3.8) is 0 Å². The van der Waals surface area contributed by atoms with E-state index in [0.717, 1.165) is 11.9 Å². The van der Waals surface area contributed by atoms with Crippen LogP contribution in [0.25, 0.3) is 11.6 Å². The van der Waals surface area contributed by atoms with Gasteiger partial charge in [0.25, 0.3) is 5.91 Å². The zero-order valence-corrected chi connectivity index (χ0v) is 20.9. The molecule has 1 aromatic heterocycles. The predicted molar refractivity (Wildman–Crippen MR) is 140 cm³/mol. The summed E-state index contributed by atoms with van der Waals surface area (Å²) in [6.45, 7) is 0. The van der Waals surface area contributed by atoms with E-state index in [1.165, 1.54) is 4.31 Å². The van der Waals surface area contributed by atoms with Gasteiger partial charge in [-0.2, -0.15) is 0 Å². The van der Waals surface area contributed by atoms with Crippen LogP contribution in [-0.4, -0.2) is 42.4 Å². The van der Waals surface area contributed by atoms with Crippen molar-refractivity contribution in [3.8, 4) is 0 Å². The summed E-state index contributed by atoms with van der Waals surface area (Å²) in [5.74, 6) is -1.39. The van der Waals surface area contributed by atoms with Gasteiger partial charge >= 0.3 is 5.97 Å². The van der Waals surface area contributed by atoms with Gasteiger partial charge in [-0.3, -0.25) is 14.4 Å². The lowest BCUT2D eigenvalue weighted by Crippen LogP contribution is -2.24. The SMILES string of the molecule is CS(=O)(=O)N(c1ccccc1)c1ccc2c(c1)C(=Cc1[nH]c3c(c1CCC(=O)O)C(=O)CCC3)C(=O)N2. The van der Waals surface area contributed by atoms with Crippen LogP contribution in [0.2, 0.25) is 0 Å². The third-order valence-corrected chi connectivity index (χ3v) is 7.63. The number of H-pyrrole nitrogens is 1. The number of carboxylic acid groups (broad SMARTS) is 1. The first-order valence-corrected chi connectivity index (χ1v) is 13.7. The molecular formula is C27H25N3O6S. The number of benzene rings is 2. The first kappa shape index (κ1) is 24.5. The molecule has 0 bridgehead atoms. The highest BCUT2D eigenvalue weighted by Gasteiger charge is 2.30. The Hall–Kier alpha value is -4.18. The highest BCUT2D eigenvalue weighted by atomic mass is 32.2. The van der Waals surface area contributed by atoms with Crippen molar-refractivity contribution in [2.75, 3.05) is 15.9 Å². The topological polar surface area (TPSA) is 137 Å². The first-order chi connectivity index (χ1) is 17.6. The number of carbonyl (C=O) groups is 3. The maximum Gasteiger partial charge on any atom is 0.303 e. The summed E-state index contributed by atoms with van der Waals surface area (Å²) >= 11 is 0. The molecule has 1 aliphatic carbocycles. The number of aliphatic carboxylic acids is 1. The normalized spacial score (nSPS) is 15.9. The second-order valence-corrected chi connectivity index (χ2v) is 11.0. The molecule has 0 unspecified atom stereocenters. The summed E-state index contributed by atoms with van der Waals surface area (Å²) < 4.78 is 26.7. The molecule has 2 heterocycles. The number of anilines is 3. The lowest BCUT2D eigenvalue weighted by molar-refractivity contribution is -0.137. The molecule has 0 radical (unpaired) electrons. The van der Waals surface area contributed by atoms with Crippen molar-refractivity contribution in [2.24, 2.45) is 0 Å². The van der Waals surface area contributed by atoms with Crippen molar-refractivity contribution in [1.82, 2.24) is 4.98 Å². The highest BCUT2D eigenvalue weighted by Crippen LogP contribution is 2.39. The zero-order chi connectivity index (χ0) is 26.3. The standard InChI is InChI=1S/C27H25N3O6S/c1-37(35,36)30(16-6-3-2-4-7-16)17-10-12-21-19(14-17)20(27(34)29-21)15-23-18(11-13-25(32)33)26-22(28-23)8-5-9-24(26)31/h2-4,6-7,10,12,14-15,28H,5,8-9,11,13H2,1H3,(H,29,34)(H,32,33). The van der Waals surface area contributed by atoms with Crippen LogP contribution in [0.15, 0.2) is 48.5 Å². The van der Waals surface area contributed by atoms with E-state index in [1.807, 2.05) is 0 Å². The molecule has 3 N–H and O–H groups in total. The molecule has 0 spiro atoms.